The van der Waals surface area contributed by atoms with Gasteiger partial charge in [-0.3, -0.25) is 9.69 Å². The second-order valence-corrected chi connectivity index (χ2v) is 8.55. The Morgan fingerprint density at radius 1 is 1.00 bits per heavy atom. The van der Waals surface area contributed by atoms with Crippen LogP contribution in [0.4, 0.5) is 5.69 Å². The number of carbonyl (C=O) groups is 1. The van der Waals surface area contributed by atoms with Gasteiger partial charge >= 0.3 is 0 Å². The quantitative estimate of drug-likeness (QED) is 0.734. The van der Waals surface area contributed by atoms with Crippen molar-refractivity contribution in [2.75, 3.05) is 52.3 Å². The van der Waals surface area contributed by atoms with Gasteiger partial charge in [-0.2, -0.15) is 4.31 Å². The molecule has 2 aromatic carbocycles. The smallest absolute Gasteiger partial charge is 0.243 e. The lowest BCUT2D eigenvalue weighted by molar-refractivity contribution is -0.117. The van der Waals surface area contributed by atoms with E-state index in [2.05, 4.69) is 5.32 Å². The van der Waals surface area contributed by atoms with E-state index in [4.69, 9.17) is 9.47 Å². The first-order chi connectivity index (χ1) is 13.9. The van der Waals surface area contributed by atoms with Gasteiger partial charge in [0.05, 0.1) is 31.3 Å². The third-order valence-corrected chi connectivity index (χ3v) is 6.68. The lowest BCUT2D eigenvalue weighted by atomic mass is 10.2. The average Bonchev–Trinajstić information content (AvgIpc) is 2.75. The van der Waals surface area contributed by atoms with E-state index in [-0.39, 0.29) is 17.3 Å². The molecule has 0 saturated carbocycles. The molecule has 8 nitrogen and oxygen atoms in total. The van der Waals surface area contributed by atoms with Crippen molar-refractivity contribution in [2.24, 2.45) is 0 Å². The Balaban J connectivity index is 1.55. The number of anilines is 1. The van der Waals surface area contributed by atoms with E-state index in [9.17, 15) is 13.2 Å². The Morgan fingerprint density at radius 2 is 1.69 bits per heavy atom. The van der Waals surface area contributed by atoms with Gasteiger partial charge in [-0.05, 0) is 24.3 Å². The van der Waals surface area contributed by atoms with Crippen LogP contribution in [-0.2, 0) is 14.8 Å². The highest BCUT2D eigenvalue weighted by Crippen LogP contribution is 2.29. The number of amides is 1. The monoisotopic (exact) mass is 419 g/mol. The molecule has 29 heavy (non-hydrogen) atoms. The van der Waals surface area contributed by atoms with Crippen molar-refractivity contribution in [1.82, 2.24) is 9.21 Å². The number of nitrogens with one attached hydrogen (secondary N) is 1. The van der Waals surface area contributed by atoms with Crippen molar-refractivity contribution < 1.29 is 22.7 Å². The maximum absolute atomic E-state index is 12.7. The summed E-state index contributed by atoms with van der Waals surface area (Å²) in [6.45, 7) is 1.83. The van der Waals surface area contributed by atoms with Gasteiger partial charge < -0.3 is 14.8 Å². The van der Waals surface area contributed by atoms with E-state index in [1.54, 1.807) is 55.6 Å². The zero-order chi connectivity index (χ0) is 20.9. The van der Waals surface area contributed by atoms with Crippen LogP contribution in [0.25, 0.3) is 0 Å². The van der Waals surface area contributed by atoms with Crippen molar-refractivity contribution in [3.63, 3.8) is 0 Å². The number of benzene rings is 2. The maximum atomic E-state index is 12.7. The van der Waals surface area contributed by atoms with Crippen LogP contribution < -0.4 is 14.8 Å². The summed E-state index contributed by atoms with van der Waals surface area (Å²) in [4.78, 5) is 14.7. The molecule has 1 heterocycles. The van der Waals surface area contributed by atoms with E-state index < -0.39 is 10.0 Å². The summed E-state index contributed by atoms with van der Waals surface area (Å²) in [5, 5.41) is 2.83. The third-order valence-electron chi connectivity index (χ3n) is 4.76. The van der Waals surface area contributed by atoms with Crippen LogP contribution >= 0.6 is 0 Å². The molecule has 0 radical (unpaired) electrons. The molecule has 1 amide bonds. The molecule has 1 saturated heterocycles. The Kier molecular flexibility index (Phi) is 6.73. The molecule has 3 rings (SSSR count). The lowest BCUT2D eigenvalue weighted by Crippen LogP contribution is -2.50. The van der Waals surface area contributed by atoms with Gasteiger partial charge in [-0.1, -0.05) is 18.2 Å². The molecular formula is C20H25N3O5S. The largest absolute Gasteiger partial charge is 0.497 e. The Hall–Kier alpha value is -2.62. The fourth-order valence-corrected chi connectivity index (χ4v) is 4.61. The van der Waals surface area contributed by atoms with Crippen LogP contribution in [0.5, 0.6) is 11.5 Å². The van der Waals surface area contributed by atoms with Gasteiger partial charge in [0, 0.05) is 32.2 Å². The van der Waals surface area contributed by atoms with Gasteiger partial charge in [0.2, 0.25) is 15.9 Å². The van der Waals surface area contributed by atoms with Crippen LogP contribution in [0, 0.1) is 0 Å². The fourth-order valence-electron chi connectivity index (χ4n) is 3.16. The van der Waals surface area contributed by atoms with Crippen LogP contribution in [0.2, 0.25) is 0 Å². The molecule has 2 aromatic rings. The summed E-state index contributed by atoms with van der Waals surface area (Å²) in [5.74, 6) is 0.958. The topological polar surface area (TPSA) is 88.2 Å². The zero-order valence-electron chi connectivity index (χ0n) is 16.5. The lowest BCUT2D eigenvalue weighted by Gasteiger charge is -2.33. The predicted molar refractivity (Wildman–Crippen MR) is 110 cm³/mol. The summed E-state index contributed by atoms with van der Waals surface area (Å²) >= 11 is 0. The highest BCUT2D eigenvalue weighted by Gasteiger charge is 2.28. The molecule has 0 atom stereocenters. The van der Waals surface area contributed by atoms with E-state index in [1.165, 1.54) is 11.4 Å². The van der Waals surface area contributed by atoms with Gasteiger partial charge in [0.1, 0.15) is 11.5 Å². The van der Waals surface area contributed by atoms with E-state index >= 15 is 0 Å². The SMILES string of the molecule is COc1ccc(NC(=O)CN2CCN(S(=O)(=O)c3ccccc3)CC2)c(OC)c1. The van der Waals surface area contributed by atoms with Crippen molar-refractivity contribution >= 4 is 21.6 Å². The standard InChI is InChI=1S/C20H25N3O5S/c1-27-16-8-9-18(19(14-16)28-2)21-20(24)15-22-10-12-23(13-11-22)29(25,26)17-6-4-3-5-7-17/h3-9,14H,10-13,15H2,1-2H3,(H,21,24). The average molecular weight is 420 g/mol. The van der Waals surface area contributed by atoms with Crippen molar-refractivity contribution in [1.29, 1.82) is 0 Å². The molecule has 0 aromatic heterocycles. The van der Waals surface area contributed by atoms with Gasteiger partial charge in [-0.25, -0.2) is 8.42 Å². The highest BCUT2D eigenvalue weighted by molar-refractivity contribution is 7.89. The first kappa shape index (κ1) is 21.1. The Bertz CT molecular complexity index is 942. The van der Waals surface area contributed by atoms with E-state index in [0.29, 0.717) is 43.4 Å². The molecule has 1 N–H and O–H groups in total. The first-order valence-corrected chi connectivity index (χ1v) is 10.7. The van der Waals surface area contributed by atoms with Crippen LogP contribution in [0.3, 0.4) is 0 Å². The van der Waals surface area contributed by atoms with E-state index in [1.807, 2.05) is 4.90 Å². The molecule has 0 unspecified atom stereocenters. The normalized spacial score (nSPS) is 15.7. The third kappa shape index (κ3) is 5.06. The van der Waals surface area contributed by atoms with Crippen LogP contribution in [-0.4, -0.2) is 70.5 Å². The minimum atomic E-state index is -3.50. The number of methoxy groups -OCH3 is 2. The van der Waals surface area contributed by atoms with E-state index in [0.717, 1.165) is 0 Å². The highest BCUT2D eigenvalue weighted by atomic mass is 32.2. The number of rotatable bonds is 7. The minimum Gasteiger partial charge on any atom is -0.497 e. The molecule has 0 bridgehead atoms. The first-order valence-electron chi connectivity index (χ1n) is 9.23. The predicted octanol–water partition coefficient (Wildman–Crippen LogP) is 1.65. The number of hydrogen-bond acceptors (Lipinski definition) is 6. The number of sulfonamides is 1. The molecule has 1 aliphatic rings. The number of piperazine rings is 1. The number of ether oxygens (including phenoxy) is 2. The second-order valence-electron chi connectivity index (χ2n) is 6.61. The minimum absolute atomic E-state index is 0.175. The van der Waals surface area contributed by atoms with Crippen LogP contribution in [0.1, 0.15) is 0 Å². The maximum Gasteiger partial charge on any atom is 0.243 e. The van der Waals surface area contributed by atoms with Gasteiger partial charge in [0.25, 0.3) is 0 Å². The second kappa shape index (κ2) is 9.25. The summed E-state index contributed by atoms with van der Waals surface area (Å²) < 4.78 is 37.3. The van der Waals surface area contributed by atoms with Crippen molar-refractivity contribution in [3.05, 3.63) is 48.5 Å². The molecule has 0 aliphatic carbocycles. The zero-order valence-corrected chi connectivity index (χ0v) is 17.3. The molecule has 1 aliphatic heterocycles. The van der Waals surface area contributed by atoms with Gasteiger partial charge in [0.15, 0.2) is 0 Å². The van der Waals surface area contributed by atoms with Crippen molar-refractivity contribution in [2.45, 2.75) is 4.90 Å². The summed E-state index contributed by atoms with van der Waals surface area (Å²) in [6.07, 6.45) is 0. The molecular weight excluding hydrogens is 394 g/mol. The van der Waals surface area contributed by atoms with Crippen LogP contribution in [0.15, 0.2) is 53.4 Å². The summed E-state index contributed by atoms with van der Waals surface area (Å²) in [5.41, 5.74) is 0.559. The molecule has 156 valence electrons. The summed E-state index contributed by atoms with van der Waals surface area (Å²) in [7, 11) is -0.416. The summed E-state index contributed by atoms with van der Waals surface area (Å²) in [6, 6.07) is 13.6. The Morgan fingerprint density at radius 3 is 2.31 bits per heavy atom. The Labute approximate surface area is 171 Å². The molecule has 0 spiro atoms. The fraction of sp³-hybridized carbons (Fsp3) is 0.350. The molecule has 9 heteroatoms. The van der Waals surface area contributed by atoms with Gasteiger partial charge in [-0.15, -0.1) is 0 Å². The number of hydrogen-bond donors (Lipinski definition) is 1. The molecule has 1 fully saturated rings. The number of carbonyl (C=O) groups excluding carboxylic acids is 1. The number of nitrogens with zero attached hydrogens (tertiary/aromatic N) is 2. The van der Waals surface area contributed by atoms with Crippen molar-refractivity contribution in [3.8, 4) is 11.5 Å².